The Morgan fingerprint density at radius 1 is 1.50 bits per heavy atom. The lowest BCUT2D eigenvalue weighted by molar-refractivity contribution is 0.514. The Hall–Kier alpha value is -0.810. The van der Waals surface area contributed by atoms with Gasteiger partial charge in [-0.05, 0) is 23.6 Å². The average molecular weight is 252 g/mol. The Labute approximate surface area is 93.9 Å². The Kier molecular flexibility index (Phi) is 4.16. The van der Waals surface area contributed by atoms with Crippen molar-refractivity contribution in [3.8, 4) is 6.07 Å². The predicted octanol–water partition coefficient (Wildman–Crippen LogP) is 4.10. The lowest BCUT2D eigenvalue weighted by atomic mass is 9.87. The molecule has 0 saturated heterocycles. The zero-order valence-electron chi connectivity index (χ0n) is 8.50. The minimum Gasteiger partial charge on any atom is -0.198 e. The highest BCUT2D eigenvalue weighted by atomic mass is 79.9. The lowest BCUT2D eigenvalue weighted by Crippen LogP contribution is -2.06. The third-order valence-electron chi connectivity index (χ3n) is 2.56. The Morgan fingerprint density at radius 3 is 2.71 bits per heavy atom. The highest BCUT2D eigenvalue weighted by Crippen LogP contribution is 2.27. The van der Waals surface area contributed by atoms with E-state index in [-0.39, 0.29) is 5.92 Å². The van der Waals surface area contributed by atoms with Crippen molar-refractivity contribution in [3.63, 3.8) is 0 Å². The van der Waals surface area contributed by atoms with Crippen LogP contribution in [-0.2, 0) is 0 Å². The largest absolute Gasteiger partial charge is 0.198 e. The monoisotopic (exact) mass is 251 g/mol. The van der Waals surface area contributed by atoms with Crippen LogP contribution in [0.4, 0.5) is 0 Å². The first-order valence-corrected chi connectivity index (χ1v) is 5.63. The molecule has 0 aromatic heterocycles. The van der Waals surface area contributed by atoms with Gasteiger partial charge in [-0.25, -0.2) is 0 Å². The fourth-order valence-corrected chi connectivity index (χ4v) is 1.88. The number of hydrogen-bond donors (Lipinski definition) is 0. The summed E-state index contributed by atoms with van der Waals surface area (Å²) in [7, 11) is 0. The van der Waals surface area contributed by atoms with E-state index in [9.17, 15) is 0 Å². The van der Waals surface area contributed by atoms with Gasteiger partial charge >= 0.3 is 0 Å². The van der Waals surface area contributed by atoms with E-state index in [0.29, 0.717) is 5.92 Å². The number of rotatable bonds is 3. The van der Waals surface area contributed by atoms with Crippen molar-refractivity contribution in [2.45, 2.75) is 26.2 Å². The second-order valence-corrected chi connectivity index (χ2v) is 4.46. The van der Waals surface area contributed by atoms with Crippen molar-refractivity contribution in [1.82, 2.24) is 0 Å². The molecule has 0 spiro atoms. The molecule has 2 unspecified atom stereocenters. The maximum absolute atomic E-state index is 9.11. The smallest absolute Gasteiger partial charge is 0.0738 e. The van der Waals surface area contributed by atoms with Crippen LogP contribution in [0.5, 0.6) is 0 Å². The summed E-state index contributed by atoms with van der Waals surface area (Å²) in [5.41, 5.74) is 1.11. The molecule has 1 aromatic rings. The second kappa shape index (κ2) is 5.17. The molecular weight excluding hydrogens is 238 g/mol. The zero-order chi connectivity index (χ0) is 10.6. The lowest BCUT2D eigenvalue weighted by Gasteiger charge is -2.16. The second-order valence-electron chi connectivity index (χ2n) is 3.55. The van der Waals surface area contributed by atoms with Gasteiger partial charge < -0.3 is 0 Å². The van der Waals surface area contributed by atoms with Crippen molar-refractivity contribution in [3.05, 3.63) is 34.3 Å². The fourth-order valence-electron chi connectivity index (χ4n) is 1.47. The number of nitriles is 1. The molecule has 14 heavy (non-hydrogen) atoms. The summed E-state index contributed by atoms with van der Waals surface area (Å²) in [6.07, 6.45) is 1.03. The van der Waals surface area contributed by atoms with Crippen LogP contribution >= 0.6 is 15.9 Å². The van der Waals surface area contributed by atoms with E-state index in [1.807, 2.05) is 24.3 Å². The summed E-state index contributed by atoms with van der Waals surface area (Å²) >= 11 is 3.42. The Morgan fingerprint density at radius 2 is 2.21 bits per heavy atom. The van der Waals surface area contributed by atoms with E-state index in [1.165, 1.54) is 0 Å². The topological polar surface area (TPSA) is 23.8 Å². The van der Waals surface area contributed by atoms with Crippen LogP contribution in [0, 0.1) is 17.2 Å². The molecule has 74 valence electrons. The molecule has 1 rings (SSSR count). The number of halogens is 1. The molecule has 0 heterocycles. The van der Waals surface area contributed by atoms with Gasteiger partial charge in [-0.1, -0.05) is 48.3 Å². The molecule has 0 amide bonds. The molecule has 1 nitrogen and oxygen atoms in total. The molecule has 2 atom stereocenters. The molecule has 0 N–H and O–H groups in total. The van der Waals surface area contributed by atoms with E-state index >= 15 is 0 Å². The minimum atomic E-state index is 0.0116. The highest BCUT2D eigenvalue weighted by molar-refractivity contribution is 9.10. The van der Waals surface area contributed by atoms with Gasteiger partial charge in [0.2, 0.25) is 0 Å². The first-order chi connectivity index (χ1) is 6.69. The molecule has 0 aliphatic carbocycles. The zero-order valence-corrected chi connectivity index (χ0v) is 10.1. The van der Waals surface area contributed by atoms with Gasteiger partial charge in [-0.2, -0.15) is 5.26 Å². The summed E-state index contributed by atoms with van der Waals surface area (Å²) in [6, 6.07) is 10.4. The molecule has 0 radical (unpaired) electrons. The first kappa shape index (κ1) is 11.3. The third-order valence-corrected chi connectivity index (χ3v) is 3.05. The van der Waals surface area contributed by atoms with Crippen molar-refractivity contribution in [2.24, 2.45) is 5.92 Å². The minimum absolute atomic E-state index is 0.0116. The summed E-state index contributed by atoms with van der Waals surface area (Å²) in [5.74, 6) is 0.423. The van der Waals surface area contributed by atoms with Gasteiger partial charge in [0.1, 0.15) is 0 Å². The molecule has 0 aliphatic heterocycles. The number of nitrogens with zero attached hydrogens (tertiary/aromatic N) is 1. The summed E-state index contributed by atoms with van der Waals surface area (Å²) in [5, 5.41) is 9.11. The average Bonchev–Trinajstić information content (AvgIpc) is 2.19. The molecule has 0 fully saturated rings. The Balaban J connectivity index is 2.96. The fraction of sp³-hybridized carbons (Fsp3) is 0.417. The van der Waals surface area contributed by atoms with Gasteiger partial charge in [0, 0.05) is 4.47 Å². The normalized spacial score (nSPS) is 14.4. The van der Waals surface area contributed by atoms with Gasteiger partial charge in [-0.15, -0.1) is 0 Å². The molecule has 1 aromatic carbocycles. The van der Waals surface area contributed by atoms with E-state index in [4.69, 9.17) is 5.26 Å². The van der Waals surface area contributed by atoms with Crippen LogP contribution in [0.25, 0.3) is 0 Å². The molecule has 0 saturated carbocycles. The SMILES string of the molecule is CCC(C)C(C#N)c1cccc(Br)c1. The third kappa shape index (κ3) is 2.59. The van der Waals surface area contributed by atoms with Crippen LogP contribution in [0.1, 0.15) is 31.7 Å². The van der Waals surface area contributed by atoms with Crippen molar-refractivity contribution in [1.29, 1.82) is 5.26 Å². The summed E-state index contributed by atoms with van der Waals surface area (Å²) in [6.45, 7) is 4.24. The van der Waals surface area contributed by atoms with Crippen molar-refractivity contribution < 1.29 is 0 Å². The summed E-state index contributed by atoms with van der Waals surface area (Å²) in [4.78, 5) is 0. The summed E-state index contributed by atoms with van der Waals surface area (Å²) < 4.78 is 1.04. The number of benzene rings is 1. The van der Waals surface area contributed by atoms with Gasteiger partial charge in [0.25, 0.3) is 0 Å². The number of hydrogen-bond acceptors (Lipinski definition) is 1. The first-order valence-electron chi connectivity index (χ1n) is 4.84. The van der Waals surface area contributed by atoms with Crippen LogP contribution in [-0.4, -0.2) is 0 Å². The van der Waals surface area contributed by atoms with Gasteiger partial charge in [0.15, 0.2) is 0 Å². The van der Waals surface area contributed by atoms with Crippen LogP contribution in [0.2, 0.25) is 0 Å². The standard InChI is InChI=1S/C12H14BrN/c1-3-9(2)12(8-14)10-5-4-6-11(13)7-10/h4-7,9,12H,3H2,1-2H3. The van der Waals surface area contributed by atoms with Gasteiger partial charge in [-0.3, -0.25) is 0 Å². The van der Waals surface area contributed by atoms with Gasteiger partial charge in [0.05, 0.1) is 12.0 Å². The van der Waals surface area contributed by atoms with Crippen LogP contribution in [0.3, 0.4) is 0 Å². The molecule has 0 bridgehead atoms. The van der Waals surface area contributed by atoms with Crippen molar-refractivity contribution >= 4 is 15.9 Å². The van der Waals surface area contributed by atoms with Crippen LogP contribution in [0.15, 0.2) is 28.7 Å². The van der Waals surface area contributed by atoms with E-state index in [1.54, 1.807) is 0 Å². The van der Waals surface area contributed by atoms with E-state index in [2.05, 4.69) is 35.8 Å². The van der Waals surface area contributed by atoms with Crippen LogP contribution < -0.4 is 0 Å². The molecule has 2 heteroatoms. The molecular formula is C12H14BrN. The Bertz CT molecular complexity index is 340. The van der Waals surface area contributed by atoms with E-state index < -0.39 is 0 Å². The maximum atomic E-state index is 9.11. The predicted molar refractivity (Wildman–Crippen MR) is 62.0 cm³/mol. The van der Waals surface area contributed by atoms with Crippen molar-refractivity contribution in [2.75, 3.05) is 0 Å². The molecule has 0 aliphatic rings. The maximum Gasteiger partial charge on any atom is 0.0738 e. The quantitative estimate of drug-likeness (QED) is 0.794. The highest BCUT2D eigenvalue weighted by Gasteiger charge is 2.17. The van der Waals surface area contributed by atoms with E-state index in [0.717, 1.165) is 16.5 Å².